The molecule has 1 saturated heterocycles. The van der Waals surface area contributed by atoms with E-state index in [1.807, 2.05) is 0 Å². The minimum Gasteiger partial charge on any atom is -0.390 e. The van der Waals surface area contributed by atoms with Crippen LogP contribution < -0.4 is 0 Å². The highest BCUT2D eigenvalue weighted by Crippen LogP contribution is 2.17. The number of aliphatic hydroxyl groups is 3. The highest BCUT2D eigenvalue weighted by molar-refractivity contribution is 4.78. The summed E-state index contributed by atoms with van der Waals surface area (Å²) in [5, 5.41) is 27.0. The van der Waals surface area contributed by atoms with Crippen LogP contribution in [0, 0.1) is 0 Å². The first-order chi connectivity index (χ1) is 4.61. The Morgan fingerprint density at radius 1 is 1.30 bits per heavy atom. The molecule has 0 spiro atoms. The Morgan fingerprint density at radius 3 is 2.40 bits per heavy atom. The predicted molar refractivity (Wildman–Crippen MR) is 33.2 cm³/mol. The van der Waals surface area contributed by atoms with E-state index in [4.69, 9.17) is 20.1 Å². The number of ether oxygens (including phenoxy) is 1. The molecule has 0 unspecified atom stereocenters. The van der Waals surface area contributed by atoms with Crippen LogP contribution in [0.2, 0.25) is 0 Å². The average Bonchev–Trinajstić information content (AvgIpc) is 1.82. The minimum absolute atomic E-state index is 0.0888. The molecule has 10 heavy (non-hydrogen) atoms. The van der Waals surface area contributed by atoms with Gasteiger partial charge in [0, 0.05) is 6.42 Å². The van der Waals surface area contributed by atoms with E-state index in [1.54, 1.807) is 6.92 Å². The van der Waals surface area contributed by atoms with Gasteiger partial charge in [-0.2, -0.15) is 0 Å². The Morgan fingerprint density at radius 2 is 1.90 bits per heavy atom. The maximum atomic E-state index is 9.08. The standard InChI is InChI=1S/C6H12O4/c1-3-6(9)4(7)2-5(8)10-3/h3-9H,2H2,1H3/t3-,4+,5-,6-/m0/s1. The van der Waals surface area contributed by atoms with Crippen molar-refractivity contribution in [2.45, 2.75) is 37.9 Å². The van der Waals surface area contributed by atoms with Crippen molar-refractivity contribution in [1.29, 1.82) is 0 Å². The quantitative estimate of drug-likeness (QED) is 0.405. The van der Waals surface area contributed by atoms with Crippen LogP contribution in [-0.4, -0.2) is 39.9 Å². The topological polar surface area (TPSA) is 69.9 Å². The van der Waals surface area contributed by atoms with Crippen LogP contribution in [0.15, 0.2) is 0 Å². The molecule has 0 radical (unpaired) electrons. The molecule has 0 aromatic rings. The first-order valence-electron chi connectivity index (χ1n) is 3.31. The Balaban J connectivity index is 2.49. The van der Waals surface area contributed by atoms with Gasteiger partial charge in [0.25, 0.3) is 0 Å². The van der Waals surface area contributed by atoms with Crippen LogP contribution in [0.1, 0.15) is 13.3 Å². The third-order valence-corrected chi connectivity index (χ3v) is 1.69. The summed E-state index contributed by atoms with van der Waals surface area (Å²) in [7, 11) is 0. The maximum Gasteiger partial charge on any atom is 0.157 e. The molecule has 4 heteroatoms. The second-order valence-electron chi connectivity index (χ2n) is 2.59. The SMILES string of the molecule is C[C@@H]1O[C@H](O)C[C@@H](O)[C@H]1O. The molecule has 1 rings (SSSR count). The Kier molecular flexibility index (Phi) is 2.25. The van der Waals surface area contributed by atoms with Crippen LogP contribution in [0.4, 0.5) is 0 Å². The molecule has 0 bridgehead atoms. The lowest BCUT2D eigenvalue weighted by Gasteiger charge is -2.32. The van der Waals surface area contributed by atoms with Crippen molar-refractivity contribution in [3.63, 3.8) is 0 Å². The summed E-state index contributed by atoms with van der Waals surface area (Å²) in [6.45, 7) is 1.61. The molecule has 0 aromatic heterocycles. The molecule has 0 aliphatic carbocycles. The minimum atomic E-state index is -0.937. The van der Waals surface area contributed by atoms with Gasteiger partial charge in [0.2, 0.25) is 0 Å². The van der Waals surface area contributed by atoms with Gasteiger partial charge in [-0.25, -0.2) is 0 Å². The zero-order valence-corrected chi connectivity index (χ0v) is 5.77. The van der Waals surface area contributed by atoms with E-state index in [1.165, 1.54) is 0 Å². The normalized spacial score (nSPS) is 49.2. The number of aliphatic hydroxyl groups excluding tert-OH is 3. The molecule has 1 heterocycles. The van der Waals surface area contributed by atoms with E-state index in [9.17, 15) is 0 Å². The molecule has 60 valence electrons. The molecule has 3 N–H and O–H groups in total. The predicted octanol–water partition coefficient (Wildman–Crippen LogP) is -1.16. The average molecular weight is 148 g/mol. The van der Waals surface area contributed by atoms with Crippen LogP contribution in [0.5, 0.6) is 0 Å². The number of hydrogen-bond acceptors (Lipinski definition) is 4. The lowest BCUT2D eigenvalue weighted by atomic mass is 10.0. The van der Waals surface area contributed by atoms with Gasteiger partial charge in [0.05, 0.1) is 12.2 Å². The van der Waals surface area contributed by atoms with Crippen molar-refractivity contribution < 1.29 is 20.1 Å². The van der Waals surface area contributed by atoms with Gasteiger partial charge in [-0.05, 0) is 6.92 Å². The summed E-state index contributed by atoms with van der Waals surface area (Å²) in [4.78, 5) is 0. The monoisotopic (exact) mass is 148 g/mol. The van der Waals surface area contributed by atoms with E-state index in [2.05, 4.69) is 0 Å². The summed E-state index contributed by atoms with van der Waals surface area (Å²) in [6.07, 6.45) is -3.07. The highest BCUT2D eigenvalue weighted by atomic mass is 16.6. The molecule has 4 atom stereocenters. The van der Waals surface area contributed by atoms with E-state index < -0.39 is 24.6 Å². The summed E-state index contributed by atoms with van der Waals surface area (Å²) >= 11 is 0. The highest BCUT2D eigenvalue weighted by Gasteiger charge is 2.32. The van der Waals surface area contributed by atoms with Gasteiger partial charge in [0.1, 0.15) is 6.10 Å². The Labute approximate surface area is 59.1 Å². The van der Waals surface area contributed by atoms with Crippen molar-refractivity contribution >= 4 is 0 Å². The maximum absolute atomic E-state index is 9.08. The van der Waals surface area contributed by atoms with Gasteiger partial charge in [0.15, 0.2) is 6.29 Å². The Hall–Kier alpha value is -0.160. The fourth-order valence-corrected chi connectivity index (χ4v) is 1.04. The number of rotatable bonds is 0. The second kappa shape index (κ2) is 2.84. The summed E-state index contributed by atoms with van der Waals surface area (Å²) < 4.78 is 4.81. The van der Waals surface area contributed by atoms with Gasteiger partial charge in [-0.1, -0.05) is 0 Å². The van der Waals surface area contributed by atoms with Crippen LogP contribution in [0.3, 0.4) is 0 Å². The van der Waals surface area contributed by atoms with Crippen molar-refractivity contribution in [2.24, 2.45) is 0 Å². The van der Waals surface area contributed by atoms with E-state index >= 15 is 0 Å². The van der Waals surface area contributed by atoms with Crippen LogP contribution in [-0.2, 0) is 4.74 Å². The van der Waals surface area contributed by atoms with Gasteiger partial charge >= 0.3 is 0 Å². The molecular weight excluding hydrogens is 136 g/mol. The molecule has 1 fully saturated rings. The van der Waals surface area contributed by atoms with E-state index in [0.29, 0.717) is 0 Å². The molecule has 4 nitrogen and oxygen atoms in total. The molecule has 1 aliphatic heterocycles. The summed E-state index contributed by atoms with van der Waals surface area (Å²) in [6, 6.07) is 0. The largest absolute Gasteiger partial charge is 0.390 e. The van der Waals surface area contributed by atoms with Gasteiger partial charge in [-0.3, -0.25) is 0 Å². The van der Waals surface area contributed by atoms with Crippen molar-refractivity contribution in [3.05, 3.63) is 0 Å². The third kappa shape index (κ3) is 1.46. The third-order valence-electron chi connectivity index (χ3n) is 1.69. The lowest BCUT2D eigenvalue weighted by molar-refractivity contribution is -0.226. The van der Waals surface area contributed by atoms with Crippen LogP contribution in [0.25, 0.3) is 0 Å². The second-order valence-corrected chi connectivity index (χ2v) is 2.59. The van der Waals surface area contributed by atoms with Crippen LogP contribution >= 0.6 is 0 Å². The smallest absolute Gasteiger partial charge is 0.157 e. The van der Waals surface area contributed by atoms with Crippen molar-refractivity contribution in [1.82, 2.24) is 0 Å². The summed E-state index contributed by atoms with van der Waals surface area (Å²) in [5.74, 6) is 0. The fraction of sp³-hybridized carbons (Fsp3) is 1.00. The zero-order valence-electron chi connectivity index (χ0n) is 5.77. The van der Waals surface area contributed by atoms with Gasteiger partial charge < -0.3 is 20.1 Å². The fourth-order valence-electron chi connectivity index (χ4n) is 1.04. The van der Waals surface area contributed by atoms with E-state index in [-0.39, 0.29) is 6.42 Å². The zero-order chi connectivity index (χ0) is 7.72. The lowest BCUT2D eigenvalue weighted by Crippen LogP contribution is -2.46. The molecule has 0 amide bonds. The van der Waals surface area contributed by atoms with Gasteiger partial charge in [-0.15, -0.1) is 0 Å². The van der Waals surface area contributed by atoms with E-state index in [0.717, 1.165) is 0 Å². The van der Waals surface area contributed by atoms with Crippen molar-refractivity contribution in [2.75, 3.05) is 0 Å². The van der Waals surface area contributed by atoms with Crippen molar-refractivity contribution in [3.8, 4) is 0 Å². The molecular formula is C6H12O4. The molecule has 0 aromatic carbocycles. The molecule has 0 saturated carbocycles. The molecule has 1 aliphatic rings. The number of hydrogen-bond donors (Lipinski definition) is 3. The summed E-state index contributed by atoms with van der Waals surface area (Å²) in [5.41, 5.74) is 0. The first kappa shape index (κ1) is 7.94. The Bertz CT molecular complexity index is 104. The first-order valence-corrected chi connectivity index (χ1v) is 3.31.